The molecule has 1 aliphatic rings. The molecule has 1 aliphatic carbocycles. The van der Waals surface area contributed by atoms with Crippen molar-refractivity contribution in [2.24, 2.45) is 11.3 Å². The number of aliphatic hydroxyl groups excluding tert-OH is 1. The fraction of sp³-hybridized carbons (Fsp3) is 0.857. The van der Waals surface area contributed by atoms with E-state index in [-0.39, 0.29) is 11.5 Å². The van der Waals surface area contributed by atoms with Gasteiger partial charge in [-0.25, -0.2) is 4.98 Å². The number of rotatable bonds is 5. The number of nitrogens with zero attached hydrogens (tertiary/aromatic N) is 3. The Balaban J connectivity index is 2.02. The lowest BCUT2D eigenvalue weighted by Crippen LogP contribution is -2.32. The molecule has 0 aliphatic heterocycles. The van der Waals surface area contributed by atoms with Gasteiger partial charge in [0, 0.05) is 13.0 Å². The quantitative estimate of drug-likeness (QED) is 0.874. The normalized spacial score (nSPS) is 24.3. The molecule has 1 saturated carbocycles. The lowest BCUT2D eigenvalue weighted by atomic mass is 9.78. The Bertz CT molecular complexity index is 386. The third kappa shape index (κ3) is 2.74. The van der Waals surface area contributed by atoms with Crippen molar-refractivity contribution in [1.29, 1.82) is 0 Å². The van der Waals surface area contributed by atoms with Crippen LogP contribution in [0.4, 0.5) is 0 Å². The van der Waals surface area contributed by atoms with Crippen LogP contribution in [0.25, 0.3) is 0 Å². The van der Waals surface area contributed by atoms with E-state index in [1.807, 2.05) is 4.68 Å². The topological polar surface area (TPSA) is 50.9 Å². The highest BCUT2D eigenvalue weighted by molar-refractivity contribution is 4.95. The summed E-state index contributed by atoms with van der Waals surface area (Å²) < 4.78 is 1.92. The van der Waals surface area contributed by atoms with E-state index in [2.05, 4.69) is 30.9 Å². The Kier molecular flexibility index (Phi) is 4.05. The first-order valence-electron chi connectivity index (χ1n) is 7.09. The standard InChI is InChI=1S/C14H25N3O/c1-4-8-17-13(15-10-16-17)9-12(18)11-6-5-7-14(11,2)3/h10-12,18H,4-9H2,1-3H3. The van der Waals surface area contributed by atoms with E-state index in [1.165, 1.54) is 12.8 Å². The molecule has 2 atom stereocenters. The smallest absolute Gasteiger partial charge is 0.138 e. The van der Waals surface area contributed by atoms with Crippen LogP contribution in [0, 0.1) is 11.3 Å². The zero-order chi connectivity index (χ0) is 13.2. The second kappa shape index (κ2) is 5.39. The van der Waals surface area contributed by atoms with E-state index in [0.29, 0.717) is 12.3 Å². The fourth-order valence-electron chi connectivity index (χ4n) is 3.24. The second-order valence-corrected chi connectivity index (χ2v) is 6.16. The minimum absolute atomic E-state index is 0.259. The lowest BCUT2D eigenvalue weighted by Gasteiger charge is -2.31. The number of hydrogen-bond acceptors (Lipinski definition) is 3. The first kappa shape index (κ1) is 13.5. The van der Waals surface area contributed by atoms with Crippen molar-refractivity contribution in [1.82, 2.24) is 14.8 Å². The van der Waals surface area contributed by atoms with E-state index in [0.717, 1.165) is 25.2 Å². The lowest BCUT2D eigenvalue weighted by molar-refractivity contribution is 0.0520. The average Bonchev–Trinajstić information content (AvgIpc) is 2.86. The maximum atomic E-state index is 10.5. The maximum absolute atomic E-state index is 10.5. The van der Waals surface area contributed by atoms with Gasteiger partial charge in [0.15, 0.2) is 0 Å². The molecule has 0 saturated heterocycles. The molecule has 0 aromatic carbocycles. The summed E-state index contributed by atoms with van der Waals surface area (Å²) in [6.45, 7) is 7.55. The SMILES string of the molecule is CCCn1ncnc1CC(O)C1CCCC1(C)C. The minimum Gasteiger partial charge on any atom is -0.392 e. The van der Waals surface area contributed by atoms with Crippen LogP contribution in [0.1, 0.15) is 52.3 Å². The van der Waals surface area contributed by atoms with Crippen molar-refractivity contribution in [3.05, 3.63) is 12.2 Å². The minimum atomic E-state index is -0.290. The van der Waals surface area contributed by atoms with Crippen LogP contribution in [0.3, 0.4) is 0 Å². The number of aryl methyl sites for hydroxylation is 1. The molecule has 4 heteroatoms. The highest BCUT2D eigenvalue weighted by Crippen LogP contribution is 2.44. The van der Waals surface area contributed by atoms with Gasteiger partial charge in [-0.15, -0.1) is 0 Å². The summed E-state index contributed by atoms with van der Waals surface area (Å²) in [5, 5.41) is 14.7. The van der Waals surface area contributed by atoms with Crippen LogP contribution in [-0.4, -0.2) is 26.0 Å². The van der Waals surface area contributed by atoms with Crippen molar-refractivity contribution in [3.63, 3.8) is 0 Å². The highest BCUT2D eigenvalue weighted by Gasteiger charge is 2.39. The van der Waals surface area contributed by atoms with Crippen molar-refractivity contribution < 1.29 is 5.11 Å². The Labute approximate surface area is 109 Å². The van der Waals surface area contributed by atoms with Crippen LogP contribution >= 0.6 is 0 Å². The summed E-state index contributed by atoms with van der Waals surface area (Å²) in [6.07, 6.45) is 6.57. The van der Waals surface area contributed by atoms with Gasteiger partial charge in [0.1, 0.15) is 12.2 Å². The molecule has 0 radical (unpaired) electrons. The van der Waals surface area contributed by atoms with Crippen molar-refractivity contribution in [2.45, 2.75) is 65.5 Å². The summed E-state index contributed by atoms with van der Waals surface area (Å²) in [5.41, 5.74) is 0.259. The largest absolute Gasteiger partial charge is 0.392 e. The van der Waals surface area contributed by atoms with E-state index in [1.54, 1.807) is 6.33 Å². The summed E-state index contributed by atoms with van der Waals surface area (Å²) in [4.78, 5) is 4.29. The first-order valence-corrected chi connectivity index (χ1v) is 7.09. The molecular formula is C14H25N3O. The molecule has 1 N–H and O–H groups in total. The van der Waals surface area contributed by atoms with Gasteiger partial charge in [0.25, 0.3) is 0 Å². The molecule has 2 unspecified atom stereocenters. The molecule has 1 aromatic rings. The Hall–Kier alpha value is -0.900. The molecular weight excluding hydrogens is 226 g/mol. The van der Waals surface area contributed by atoms with Gasteiger partial charge >= 0.3 is 0 Å². The monoisotopic (exact) mass is 251 g/mol. The van der Waals surface area contributed by atoms with E-state index in [9.17, 15) is 5.11 Å². The average molecular weight is 251 g/mol. The number of hydrogen-bond donors (Lipinski definition) is 1. The summed E-state index contributed by atoms with van der Waals surface area (Å²) in [5.74, 6) is 1.32. The Morgan fingerprint density at radius 2 is 2.33 bits per heavy atom. The number of aliphatic hydroxyl groups is 1. The van der Waals surface area contributed by atoms with E-state index >= 15 is 0 Å². The molecule has 1 heterocycles. The van der Waals surface area contributed by atoms with E-state index < -0.39 is 0 Å². The molecule has 0 amide bonds. The van der Waals surface area contributed by atoms with Crippen molar-refractivity contribution in [3.8, 4) is 0 Å². The molecule has 18 heavy (non-hydrogen) atoms. The molecule has 1 fully saturated rings. The van der Waals surface area contributed by atoms with Gasteiger partial charge in [0.05, 0.1) is 6.10 Å². The third-order valence-corrected chi connectivity index (χ3v) is 4.33. The predicted octanol–water partition coefficient (Wildman–Crippen LogP) is 2.42. The van der Waals surface area contributed by atoms with Gasteiger partial charge in [-0.1, -0.05) is 27.2 Å². The summed E-state index contributed by atoms with van der Waals surface area (Å²) in [6, 6.07) is 0. The molecule has 1 aromatic heterocycles. The van der Waals surface area contributed by atoms with Crippen molar-refractivity contribution >= 4 is 0 Å². The predicted molar refractivity (Wildman–Crippen MR) is 71.1 cm³/mol. The molecule has 2 rings (SSSR count). The van der Waals surface area contributed by atoms with Crippen LogP contribution in [0.15, 0.2) is 6.33 Å². The summed E-state index contributed by atoms with van der Waals surface area (Å²) in [7, 11) is 0. The van der Waals surface area contributed by atoms with Crippen molar-refractivity contribution in [2.75, 3.05) is 0 Å². The van der Waals surface area contributed by atoms with Gasteiger partial charge in [-0.2, -0.15) is 5.10 Å². The number of aromatic nitrogens is 3. The maximum Gasteiger partial charge on any atom is 0.138 e. The zero-order valence-electron chi connectivity index (χ0n) is 11.8. The first-order chi connectivity index (χ1) is 8.54. The Morgan fingerprint density at radius 3 is 2.94 bits per heavy atom. The second-order valence-electron chi connectivity index (χ2n) is 6.16. The van der Waals surface area contributed by atoms with Gasteiger partial charge in [-0.05, 0) is 30.6 Å². The van der Waals surface area contributed by atoms with Crippen LogP contribution < -0.4 is 0 Å². The molecule has 102 valence electrons. The van der Waals surface area contributed by atoms with Gasteiger partial charge < -0.3 is 5.11 Å². The zero-order valence-corrected chi connectivity index (χ0v) is 11.8. The fourth-order valence-corrected chi connectivity index (χ4v) is 3.24. The molecule has 4 nitrogen and oxygen atoms in total. The highest BCUT2D eigenvalue weighted by atomic mass is 16.3. The molecule has 0 bridgehead atoms. The van der Waals surface area contributed by atoms with Crippen LogP contribution in [-0.2, 0) is 13.0 Å². The van der Waals surface area contributed by atoms with Gasteiger partial charge in [-0.3, -0.25) is 4.68 Å². The van der Waals surface area contributed by atoms with E-state index in [4.69, 9.17) is 0 Å². The molecule has 0 spiro atoms. The third-order valence-electron chi connectivity index (χ3n) is 4.33. The Morgan fingerprint density at radius 1 is 1.56 bits per heavy atom. The van der Waals surface area contributed by atoms with Gasteiger partial charge in [0.2, 0.25) is 0 Å². The van der Waals surface area contributed by atoms with Crippen LogP contribution in [0.5, 0.6) is 0 Å². The summed E-state index contributed by atoms with van der Waals surface area (Å²) >= 11 is 0. The van der Waals surface area contributed by atoms with Crippen LogP contribution in [0.2, 0.25) is 0 Å².